The summed E-state index contributed by atoms with van der Waals surface area (Å²) >= 11 is 0. The number of carbonyl (C=O) groups excluding carboxylic acids is 1. The van der Waals surface area contributed by atoms with E-state index in [1.807, 2.05) is 37.3 Å². The highest BCUT2D eigenvalue weighted by Crippen LogP contribution is 2.20. The number of anilines is 1. The first-order valence-electron chi connectivity index (χ1n) is 7.72. The van der Waals surface area contributed by atoms with E-state index in [9.17, 15) is 9.59 Å². The van der Waals surface area contributed by atoms with E-state index in [-0.39, 0.29) is 18.4 Å². The van der Waals surface area contributed by atoms with E-state index >= 15 is 0 Å². The molecule has 5 nitrogen and oxygen atoms in total. The van der Waals surface area contributed by atoms with Gasteiger partial charge in [-0.1, -0.05) is 37.3 Å². The lowest BCUT2D eigenvalue weighted by molar-refractivity contribution is -0.137. The Kier molecular flexibility index (Phi) is 5.95. The molecule has 0 heterocycles. The number of carboxylic acid groups (broad SMARTS) is 1. The van der Waals surface area contributed by atoms with Crippen LogP contribution < -0.4 is 9.64 Å². The van der Waals surface area contributed by atoms with Crippen molar-refractivity contribution in [3.8, 4) is 5.75 Å². The van der Waals surface area contributed by atoms with Gasteiger partial charge in [0.15, 0.2) is 0 Å². The van der Waals surface area contributed by atoms with Crippen LogP contribution in [-0.4, -0.2) is 30.6 Å². The fourth-order valence-corrected chi connectivity index (χ4v) is 2.51. The van der Waals surface area contributed by atoms with Gasteiger partial charge in [0.2, 0.25) is 5.91 Å². The Balaban J connectivity index is 2.13. The predicted octanol–water partition coefficient (Wildman–Crippen LogP) is 2.99. The molecule has 1 unspecified atom stereocenters. The summed E-state index contributed by atoms with van der Waals surface area (Å²) in [5.74, 6) is -0.823. The molecule has 0 aliphatic carbocycles. The average molecular weight is 327 g/mol. The fourth-order valence-electron chi connectivity index (χ4n) is 2.51. The lowest BCUT2D eigenvalue weighted by Gasteiger charge is -2.24. The van der Waals surface area contributed by atoms with Crippen molar-refractivity contribution < 1.29 is 19.4 Å². The lowest BCUT2D eigenvalue weighted by Crippen LogP contribution is -2.39. The highest BCUT2D eigenvalue weighted by Gasteiger charge is 2.24. The largest absolute Gasteiger partial charge is 0.497 e. The number of hydrogen-bond donors (Lipinski definition) is 1. The Morgan fingerprint density at radius 1 is 1.08 bits per heavy atom. The summed E-state index contributed by atoms with van der Waals surface area (Å²) in [4.78, 5) is 25.2. The van der Waals surface area contributed by atoms with E-state index in [4.69, 9.17) is 9.84 Å². The van der Waals surface area contributed by atoms with Gasteiger partial charge in [-0.25, -0.2) is 0 Å². The van der Waals surface area contributed by atoms with Gasteiger partial charge in [-0.3, -0.25) is 9.59 Å². The van der Waals surface area contributed by atoms with Crippen LogP contribution in [0.1, 0.15) is 12.5 Å². The van der Waals surface area contributed by atoms with E-state index in [2.05, 4.69) is 0 Å². The number of rotatable bonds is 7. The van der Waals surface area contributed by atoms with Crippen LogP contribution in [0.2, 0.25) is 0 Å². The van der Waals surface area contributed by atoms with Gasteiger partial charge >= 0.3 is 5.97 Å². The summed E-state index contributed by atoms with van der Waals surface area (Å²) in [6, 6.07) is 16.4. The minimum absolute atomic E-state index is 0.209. The van der Waals surface area contributed by atoms with Crippen molar-refractivity contribution >= 4 is 17.6 Å². The second kappa shape index (κ2) is 8.15. The molecule has 0 spiro atoms. The third-order valence-corrected chi connectivity index (χ3v) is 3.75. The Hall–Kier alpha value is -2.82. The van der Waals surface area contributed by atoms with Crippen LogP contribution in [0.3, 0.4) is 0 Å². The van der Waals surface area contributed by atoms with Crippen molar-refractivity contribution in [2.75, 3.05) is 18.6 Å². The van der Waals surface area contributed by atoms with Crippen molar-refractivity contribution in [1.82, 2.24) is 0 Å². The number of aliphatic carboxylic acids is 1. The highest BCUT2D eigenvalue weighted by atomic mass is 16.5. The Morgan fingerprint density at radius 2 is 1.71 bits per heavy atom. The monoisotopic (exact) mass is 327 g/mol. The second-order valence-corrected chi connectivity index (χ2v) is 5.61. The van der Waals surface area contributed by atoms with Gasteiger partial charge in [-0.2, -0.15) is 0 Å². The smallest absolute Gasteiger partial charge is 0.323 e. The van der Waals surface area contributed by atoms with Gasteiger partial charge in [0.1, 0.15) is 12.3 Å². The van der Waals surface area contributed by atoms with E-state index in [0.717, 1.165) is 11.3 Å². The number of methoxy groups -OCH3 is 1. The van der Waals surface area contributed by atoms with Crippen LogP contribution >= 0.6 is 0 Å². The third kappa shape index (κ3) is 4.59. The summed E-state index contributed by atoms with van der Waals surface area (Å²) in [6.07, 6.45) is 0.534. The number of benzene rings is 2. The molecule has 1 amide bonds. The predicted molar refractivity (Wildman–Crippen MR) is 92.3 cm³/mol. The zero-order chi connectivity index (χ0) is 17.5. The molecule has 0 fully saturated rings. The SMILES string of the molecule is COc1ccc(CC(C)C(=O)N(CC(=O)O)c2ccccc2)cc1. The number of carbonyl (C=O) groups is 2. The molecule has 0 aromatic heterocycles. The van der Waals surface area contributed by atoms with Gasteiger partial charge < -0.3 is 14.7 Å². The molecule has 5 heteroatoms. The van der Waals surface area contributed by atoms with Gasteiger partial charge in [0.25, 0.3) is 0 Å². The summed E-state index contributed by atoms with van der Waals surface area (Å²) in [5, 5.41) is 9.12. The second-order valence-electron chi connectivity index (χ2n) is 5.61. The third-order valence-electron chi connectivity index (χ3n) is 3.75. The Morgan fingerprint density at radius 3 is 2.25 bits per heavy atom. The summed E-state index contributed by atoms with van der Waals surface area (Å²) < 4.78 is 5.12. The first kappa shape index (κ1) is 17.5. The maximum absolute atomic E-state index is 12.7. The molecule has 0 radical (unpaired) electrons. The van der Waals surface area contributed by atoms with Crippen LogP contribution in [0.5, 0.6) is 5.75 Å². The van der Waals surface area contributed by atoms with Crippen molar-refractivity contribution in [3.05, 3.63) is 60.2 Å². The molecular weight excluding hydrogens is 306 g/mol. The number of amides is 1. The van der Waals surface area contributed by atoms with E-state index < -0.39 is 5.97 Å². The zero-order valence-electron chi connectivity index (χ0n) is 13.8. The lowest BCUT2D eigenvalue weighted by atomic mass is 9.99. The summed E-state index contributed by atoms with van der Waals surface area (Å²) in [5.41, 5.74) is 1.59. The van der Waals surface area contributed by atoms with Crippen LogP contribution in [0, 0.1) is 5.92 Å². The molecule has 1 atom stereocenters. The summed E-state index contributed by atoms with van der Waals surface area (Å²) in [7, 11) is 1.60. The van der Waals surface area contributed by atoms with Crippen molar-refractivity contribution in [2.45, 2.75) is 13.3 Å². The van der Waals surface area contributed by atoms with Crippen LogP contribution in [0.25, 0.3) is 0 Å². The molecule has 2 aromatic rings. The molecule has 0 saturated carbocycles. The van der Waals surface area contributed by atoms with E-state index in [0.29, 0.717) is 12.1 Å². The topological polar surface area (TPSA) is 66.8 Å². The number of para-hydroxylation sites is 1. The normalized spacial score (nSPS) is 11.6. The van der Waals surface area contributed by atoms with Crippen LogP contribution in [-0.2, 0) is 16.0 Å². The fraction of sp³-hybridized carbons (Fsp3) is 0.263. The number of nitrogens with zero attached hydrogens (tertiary/aromatic N) is 1. The maximum atomic E-state index is 12.7. The minimum atomic E-state index is -1.04. The number of carboxylic acids is 1. The van der Waals surface area contributed by atoms with Crippen LogP contribution in [0.15, 0.2) is 54.6 Å². The molecule has 1 N–H and O–H groups in total. The molecule has 0 saturated heterocycles. The van der Waals surface area contributed by atoms with Crippen molar-refractivity contribution in [1.29, 1.82) is 0 Å². The van der Waals surface area contributed by atoms with E-state index in [1.54, 1.807) is 31.4 Å². The summed E-state index contributed by atoms with van der Waals surface area (Å²) in [6.45, 7) is 1.46. The van der Waals surface area contributed by atoms with Crippen LogP contribution in [0.4, 0.5) is 5.69 Å². The number of hydrogen-bond acceptors (Lipinski definition) is 3. The highest BCUT2D eigenvalue weighted by molar-refractivity contribution is 5.98. The quantitative estimate of drug-likeness (QED) is 0.849. The Bertz CT molecular complexity index is 682. The van der Waals surface area contributed by atoms with Gasteiger partial charge in [-0.15, -0.1) is 0 Å². The molecule has 0 bridgehead atoms. The molecule has 126 valence electrons. The molecule has 24 heavy (non-hydrogen) atoms. The number of ether oxygens (including phenoxy) is 1. The first-order chi connectivity index (χ1) is 11.5. The molecular formula is C19H21NO4. The van der Waals surface area contributed by atoms with E-state index in [1.165, 1.54) is 4.90 Å². The molecule has 0 aliphatic rings. The Labute approximate surface area is 141 Å². The molecule has 2 aromatic carbocycles. The molecule has 0 aliphatic heterocycles. The van der Waals surface area contributed by atoms with Crippen molar-refractivity contribution in [2.24, 2.45) is 5.92 Å². The van der Waals surface area contributed by atoms with Gasteiger partial charge in [-0.05, 0) is 36.2 Å². The minimum Gasteiger partial charge on any atom is -0.497 e. The first-order valence-corrected chi connectivity index (χ1v) is 7.72. The maximum Gasteiger partial charge on any atom is 0.323 e. The zero-order valence-corrected chi connectivity index (χ0v) is 13.8. The standard InChI is InChI=1S/C19H21NO4/c1-14(12-15-8-10-17(24-2)11-9-15)19(23)20(13-18(21)22)16-6-4-3-5-7-16/h3-11,14H,12-13H2,1-2H3,(H,21,22). The molecule has 2 rings (SSSR count). The van der Waals surface area contributed by atoms with Gasteiger partial charge in [0, 0.05) is 11.6 Å². The van der Waals surface area contributed by atoms with Gasteiger partial charge in [0.05, 0.1) is 7.11 Å². The van der Waals surface area contributed by atoms with Crippen molar-refractivity contribution in [3.63, 3.8) is 0 Å². The average Bonchev–Trinajstić information content (AvgIpc) is 2.60.